The van der Waals surface area contributed by atoms with Gasteiger partial charge in [0.15, 0.2) is 0 Å². The summed E-state index contributed by atoms with van der Waals surface area (Å²) in [6.07, 6.45) is -9.97. The fourth-order valence-electron chi connectivity index (χ4n) is 2.55. The number of fused-ring (bicyclic) bond motifs is 1. The predicted octanol–water partition coefficient (Wildman–Crippen LogP) is 5.56. The van der Waals surface area contributed by atoms with E-state index < -0.39 is 46.7 Å². The van der Waals surface area contributed by atoms with Gasteiger partial charge < -0.3 is 5.32 Å². The van der Waals surface area contributed by atoms with Gasteiger partial charge in [0.25, 0.3) is 0 Å². The Morgan fingerprint density at radius 3 is 2.17 bits per heavy atom. The number of halogens is 7. The monoisotopic (exact) mass is 432 g/mol. The van der Waals surface area contributed by atoms with Crippen LogP contribution >= 0.6 is 0 Å². The molecule has 0 aliphatic heterocycles. The molecule has 1 aromatic heterocycles. The first-order chi connectivity index (χ1) is 13.9. The third kappa shape index (κ3) is 4.70. The third-order valence-corrected chi connectivity index (χ3v) is 3.85. The normalized spacial score (nSPS) is 12.0. The zero-order valence-electron chi connectivity index (χ0n) is 14.6. The maximum Gasteiger partial charge on any atom is 0.433 e. The molecule has 0 fully saturated rings. The number of carbonyl (C=O) groups excluding carboxylic acids is 1. The zero-order valence-corrected chi connectivity index (χ0v) is 14.6. The summed E-state index contributed by atoms with van der Waals surface area (Å²) >= 11 is 0. The summed E-state index contributed by atoms with van der Waals surface area (Å²) in [7, 11) is 0. The van der Waals surface area contributed by atoms with Crippen LogP contribution in [-0.2, 0) is 12.4 Å². The van der Waals surface area contributed by atoms with Crippen molar-refractivity contribution in [3.8, 4) is 0 Å². The Kier molecular flexibility index (Phi) is 5.42. The van der Waals surface area contributed by atoms with Crippen molar-refractivity contribution in [2.75, 3.05) is 10.7 Å². The fourth-order valence-corrected chi connectivity index (χ4v) is 2.55. The van der Waals surface area contributed by atoms with E-state index in [1.165, 1.54) is 12.1 Å². The average molecular weight is 432 g/mol. The van der Waals surface area contributed by atoms with E-state index in [1.807, 2.05) is 5.43 Å². The van der Waals surface area contributed by atoms with E-state index in [1.54, 1.807) is 0 Å². The van der Waals surface area contributed by atoms with Crippen molar-refractivity contribution in [1.82, 2.24) is 10.4 Å². The van der Waals surface area contributed by atoms with Gasteiger partial charge in [0.1, 0.15) is 11.5 Å². The Bertz CT molecular complexity index is 1080. The summed E-state index contributed by atoms with van der Waals surface area (Å²) in [5, 5.41) is 1.98. The molecule has 2 aromatic carbocycles. The number of pyridine rings is 1. The number of rotatable bonds is 3. The molecule has 3 N–H and O–H groups in total. The lowest BCUT2D eigenvalue weighted by atomic mass is 10.1. The third-order valence-electron chi connectivity index (χ3n) is 3.85. The summed E-state index contributed by atoms with van der Waals surface area (Å²) in [5.41, 5.74) is 0.0499. The van der Waals surface area contributed by atoms with Crippen molar-refractivity contribution in [3.63, 3.8) is 0 Å². The highest BCUT2D eigenvalue weighted by Gasteiger charge is 2.37. The van der Waals surface area contributed by atoms with Crippen LogP contribution in [0, 0.1) is 5.82 Å². The Morgan fingerprint density at radius 2 is 1.57 bits per heavy atom. The lowest BCUT2D eigenvalue weighted by Gasteiger charge is -2.17. The Labute approximate surface area is 163 Å². The van der Waals surface area contributed by atoms with Crippen LogP contribution in [0.1, 0.15) is 11.3 Å². The summed E-state index contributed by atoms with van der Waals surface area (Å²) in [6, 6.07) is 6.84. The number of urea groups is 1. The number of hydrazine groups is 1. The summed E-state index contributed by atoms with van der Waals surface area (Å²) in [6.45, 7) is 0. The van der Waals surface area contributed by atoms with E-state index in [2.05, 4.69) is 15.7 Å². The van der Waals surface area contributed by atoms with Crippen LogP contribution in [0.25, 0.3) is 10.9 Å². The van der Waals surface area contributed by atoms with Gasteiger partial charge in [-0.3, -0.25) is 10.9 Å². The smallest absolute Gasteiger partial charge is 0.307 e. The molecule has 3 aromatic rings. The molecule has 1 heterocycles. The number of amides is 2. The van der Waals surface area contributed by atoms with Gasteiger partial charge in [-0.15, -0.1) is 0 Å². The van der Waals surface area contributed by atoms with E-state index in [4.69, 9.17) is 0 Å². The number of nitrogens with zero attached hydrogens (tertiary/aromatic N) is 1. The number of hydrogen-bond donors (Lipinski definition) is 3. The maximum absolute atomic E-state index is 13.2. The highest BCUT2D eigenvalue weighted by Crippen LogP contribution is 2.38. The highest BCUT2D eigenvalue weighted by atomic mass is 19.4. The van der Waals surface area contributed by atoms with Gasteiger partial charge in [-0.1, -0.05) is 12.1 Å². The van der Waals surface area contributed by atoms with Crippen LogP contribution in [0.5, 0.6) is 0 Å². The average Bonchev–Trinajstić information content (AvgIpc) is 2.65. The minimum atomic E-state index is -5.03. The van der Waals surface area contributed by atoms with Gasteiger partial charge in [0.2, 0.25) is 0 Å². The molecule has 5 nitrogen and oxygen atoms in total. The number of benzene rings is 2. The van der Waals surface area contributed by atoms with Gasteiger partial charge in [0.05, 0.1) is 16.8 Å². The first-order valence-electron chi connectivity index (χ1n) is 8.12. The first-order valence-corrected chi connectivity index (χ1v) is 8.12. The lowest BCUT2D eigenvalue weighted by molar-refractivity contribution is -0.142. The van der Waals surface area contributed by atoms with Crippen molar-refractivity contribution >= 4 is 28.3 Å². The minimum Gasteiger partial charge on any atom is -0.307 e. The number of para-hydroxylation sites is 1. The molecule has 0 radical (unpaired) electrons. The van der Waals surface area contributed by atoms with Crippen LogP contribution in [0.3, 0.4) is 0 Å². The first kappa shape index (κ1) is 21.1. The summed E-state index contributed by atoms with van der Waals surface area (Å²) in [5.74, 6) is -0.553. The SMILES string of the molecule is O=C(NNc1cc(C(F)(F)F)nc2c(C(F)(F)F)cccc12)Nc1ccc(F)cc1. The van der Waals surface area contributed by atoms with Gasteiger partial charge >= 0.3 is 18.4 Å². The standard InChI is InChI=1S/C18H11F7N4O/c19-9-4-6-10(7-5-9)26-16(30)29-28-13-8-14(18(23,24)25)27-15-11(13)2-1-3-12(15)17(20,21)22/h1-8H,(H,27,28)(H2,26,29,30). The van der Waals surface area contributed by atoms with Crippen LogP contribution in [0.15, 0.2) is 48.5 Å². The van der Waals surface area contributed by atoms with Crippen molar-refractivity contribution in [3.05, 3.63) is 65.6 Å². The van der Waals surface area contributed by atoms with E-state index in [9.17, 15) is 35.5 Å². The lowest BCUT2D eigenvalue weighted by Crippen LogP contribution is -2.33. The molecule has 0 saturated carbocycles. The van der Waals surface area contributed by atoms with E-state index >= 15 is 0 Å². The highest BCUT2D eigenvalue weighted by molar-refractivity contribution is 5.96. The van der Waals surface area contributed by atoms with Crippen LogP contribution in [0.2, 0.25) is 0 Å². The number of hydrogen-bond acceptors (Lipinski definition) is 3. The van der Waals surface area contributed by atoms with Gasteiger partial charge in [-0.05, 0) is 36.4 Å². The molecule has 0 saturated heterocycles. The topological polar surface area (TPSA) is 66.0 Å². The Balaban J connectivity index is 1.94. The van der Waals surface area contributed by atoms with Crippen molar-refractivity contribution < 1.29 is 35.5 Å². The Hall–Kier alpha value is -3.57. The summed E-state index contributed by atoms with van der Waals surface area (Å²) < 4.78 is 91.9. The second-order valence-corrected chi connectivity index (χ2v) is 5.96. The number of carbonyl (C=O) groups is 1. The van der Waals surface area contributed by atoms with Gasteiger partial charge in [0, 0.05) is 11.1 Å². The predicted molar refractivity (Wildman–Crippen MR) is 93.9 cm³/mol. The molecule has 0 unspecified atom stereocenters. The van der Waals surface area contributed by atoms with E-state index in [0.29, 0.717) is 12.1 Å². The van der Waals surface area contributed by atoms with Gasteiger partial charge in [-0.25, -0.2) is 14.2 Å². The molecule has 3 rings (SSSR count). The van der Waals surface area contributed by atoms with Crippen LogP contribution < -0.4 is 16.2 Å². The molecule has 158 valence electrons. The summed E-state index contributed by atoms with van der Waals surface area (Å²) in [4.78, 5) is 15.0. The minimum absolute atomic E-state index is 0.172. The van der Waals surface area contributed by atoms with Crippen LogP contribution in [-0.4, -0.2) is 11.0 Å². The molecular weight excluding hydrogens is 421 g/mol. The van der Waals surface area contributed by atoms with Gasteiger partial charge in [-0.2, -0.15) is 26.3 Å². The molecule has 30 heavy (non-hydrogen) atoms. The molecule has 0 aliphatic rings. The molecule has 0 atom stereocenters. The second-order valence-electron chi connectivity index (χ2n) is 5.96. The molecule has 0 spiro atoms. The second kappa shape index (κ2) is 7.69. The van der Waals surface area contributed by atoms with Crippen LogP contribution in [0.4, 0.5) is 46.9 Å². The number of anilines is 2. The number of aromatic nitrogens is 1. The van der Waals surface area contributed by atoms with E-state index in [0.717, 1.165) is 24.3 Å². The molecule has 2 amide bonds. The molecule has 0 aliphatic carbocycles. The van der Waals surface area contributed by atoms with Crippen molar-refractivity contribution in [2.24, 2.45) is 0 Å². The number of alkyl halides is 6. The molecule has 0 bridgehead atoms. The number of nitrogens with one attached hydrogen (secondary N) is 3. The maximum atomic E-state index is 13.2. The quantitative estimate of drug-likeness (QED) is 0.375. The van der Waals surface area contributed by atoms with Crippen molar-refractivity contribution in [2.45, 2.75) is 12.4 Å². The molecular formula is C18H11F7N4O. The molecule has 12 heteroatoms. The largest absolute Gasteiger partial charge is 0.433 e. The zero-order chi connectivity index (χ0) is 22.1. The van der Waals surface area contributed by atoms with E-state index in [-0.39, 0.29) is 11.1 Å². The van der Waals surface area contributed by atoms with Crippen molar-refractivity contribution in [1.29, 1.82) is 0 Å². The fraction of sp³-hybridized carbons (Fsp3) is 0.111. The Morgan fingerprint density at radius 1 is 0.900 bits per heavy atom.